The predicted octanol–water partition coefficient (Wildman–Crippen LogP) is 2.64. The first kappa shape index (κ1) is 12.0. The van der Waals surface area contributed by atoms with E-state index in [0.29, 0.717) is 0 Å². The second-order valence-electron chi connectivity index (χ2n) is 6.64. The van der Waals surface area contributed by atoms with Crippen molar-refractivity contribution in [3.8, 4) is 0 Å². The molecule has 2 aliphatic heterocycles. The summed E-state index contributed by atoms with van der Waals surface area (Å²) >= 11 is 0. The van der Waals surface area contributed by atoms with E-state index in [2.05, 4.69) is 17.1 Å². The first-order chi connectivity index (χ1) is 8.33. The third-order valence-corrected chi connectivity index (χ3v) is 5.33. The van der Waals surface area contributed by atoms with Crippen molar-refractivity contribution in [3.63, 3.8) is 0 Å². The molecule has 0 aromatic heterocycles. The number of fused-ring (bicyclic) bond motifs is 1. The Kier molecular flexibility index (Phi) is 3.72. The predicted molar refractivity (Wildman–Crippen MR) is 72.1 cm³/mol. The third-order valence-electron chi connectivity index (χ3n) is 5.33. The van der Waals surface area contributed by atoms with Crippen molar-refractivity contribution in [2.75, 3.05) is 19.6 Å². The number of hydrogen-bond donors (Lipinski definition) is 1. The van der Waals surface area contributed by atoms with Crippen LogP contribution in [0.15, 0.2) is 0 Å². The summed E-state index contributed by atoms with van der Waals surface area (Å²) in [5.41, 5.74) is 0. The molecule has 0 spiro atoms. The molecule has 0 aromatic carbocycles. The van der Waals surface area contributed by atoms with E-state index in [9.17, 15) is 0 Å². The monoisotopic (exact) mass is 236 g/mol. The van der Waals surface area contributed by atoms with Gasteiger partial charge in [0, 0.05) is 18.6 Å². The van der Waals surface area contributed by atoms with Crippen molar-refractivity contribution in [1.82, 2.24) is 10.2 Å². The number of nitrogens with zero attached hydrogens (tertiary/aromatic N) is 1. The molecule has 2 heterocycles. The van der Waals surface area contributed by atoms with Gasteiger partial charge >= 0.3 is 0 Å². The molecule has 1 saturated carbocycles. The van der Waals surface area contributed by atoms with Crippen LogP contribution in [0.4, 0.5) is 0 Å². The molecule has 3 rings (SSSR count). The molecular formula is C15H28N2. The van der Waals surface area contributed by atoms with Crippen LogP contribution in [-0.4, -0.2) is 36.6 Å². The second kappa shape index (κ2) is 5.27. The van der Waals surface area contributed by atoms with Crippen LogP contribution in [0.3, 0.4) is 0 Å². The zero-order valence-electron chi connectivity index (χ0n) is 11.3. The average molecular weight is 236 g/mol. The maximum absolute atomic E-state index is 3.58. The molecule has 0 amide bonds. The van der Waals surface area contributed by atoms with Gasteiger partial charge in [-0.05, 0) is 70.4 Å². The van der Waals surface area contributed by atoms with E-state index < -0.39 is 0 Å². The number of rotatable bonds is 2. The minimum atomic E-state index is 0.748. The summed E-state index contributed by atoms with van der Waals surface area (Å²) in [7, 11) is 0. The van der Waals surface area contributed by atoms with Crippen molar-refractivity contribution >= 4 is 0 Å². The van der Waals surface area contributed by atoms with Gasteiger partial charge < -0.3 is 5.32 Å². The Balaban J connectivity index is 1.56. The molecule has 0 aromatic rings. The lowest BCUT2D eigenvalue weighted by molar-refractivity contribution is 0.0839. The Labute approximate surface area is 106 Å². The second-order valence-corrected chi connectivity index (χ2v) is 6.64. The summed E-state index contributed by atoms with van der Waals surface area (Å²) < 4.78 is 0. The van der Waals surface area contributed by atoms with Gasteiger partial charge in [-0.1, -0.05) is 6.42 Å². The minimum Gasteiger partial charge on any atom is -0.314 e. The lowest BCUT2D eigenvalue weighted by atomic mass is 9.88. The standard InChI is InChI=1S/C15H28N2/c1-12-10-13(7-8-16-12)11-17-9-3-5-14-4-2-6-15(14)17/h12-16H,2-11H2,1H3. The Morgan fingerprint density at radius 1 is 1.12 bits per heavy atom. The fourth-order valence-electron chi connectivity index (χ4n) is 4.52. The van der Waals surface area contributed by atoms with Gasteiger partial charge in [0.2, 0.25) is 0 Å². The van der Waals surface area contributed by atoms with Crippen molar-refractivity contribution in [2.45, 2.75) is 64.0 Å². The van der Waals surface area contributed by atoms with Gasteiger partial charge in [0.05, 0.1) is 0 Å². The summed E-state index contributed by atoms with van der Waals surface area (Å²) in [5, 5.41) is 3.58. The molecule has 98 valence electrons. The highest BCUT2D eigenvalue weighted by Gasteiger charge is 2.35. The zero-order chi connectivity index (χ0) is 11.7. The summed E-state index contributed by atoms with van der Waals surface area (Å²) in [6.07, 6.45) is 10.3. The van der Waals surface area contributed by atoms with Gasteiger partial charge in [-0.15, -0.1) is 0 Å². The lowest BCUT2D eigenvalue weighted by Crippen LogP contribution is -2.47. The van der Waals surface area contributed by atoms with Crippen molar-refractivity contribution in [3.05, 3.63) is 0 Å². The lowest BCUT2D eigenvalue weighted by Gasteiger charge is -2.41. The smallest absolute Gasteiger partial charge is 0.0124 e. The molecule has 0 bridgehead atoms. The van der Waals surface area contributed by atoms with Gasteiger partial charge in [0.15, 0.2) is 0 Å². The molecule has 2 heteroatoms. The van der Waals surface area contributed by atoms with Crippen LogP contribution in [0.25, 0.3) is 0 Å². The minimum absolute atomic E-state index is 0.748. The van der Waals surface area contributed by atoms with Crippen LogP contribution >= 0.6 is 0 Å². The number of hydrogen-bond acceptors (Lipinski definition) is 2. The third kappa shape index (κ3) is 2.68. The Morgan fingerprint density at radius 3 is 2.88 bits per heavy atom. The summed E-state index contributed by atoms with van der Waals surface area (Å²) in [6, 6.07) is 1.71. The summed E-state index contributed by atoms with van der Waals surface area (Å²) in [5.74, 6) is 2.02. The van der Waals surface area contributed by atoms with Crippen molar-refractivity contribution in [2.24, 2.45) is 11.8 Å². The molecule has 0 radical (unpaired) electrons. The quantitative estimate of drug-likeness (QED) is 0.793. The molecule has 2 nitrogen and oxygen atoms in total. The summed E-state index contributed by atoms with van der Waals surface area (Å²) in [6.45, 7) is 6.38. The van der Waals surface area contributed by atoms with Gasteiger partial charge in [-0.2, -0.15) is 0 Å². The van der Waals surface area contributed by atoms with Crippen LogP contribution in [0, 0.1) is 11.8 Å². The molecule has 4 unspecified atom stereocenters. The van der Waals surface area contributed by atoms with Crippen LogP contribution in [0.1, 0.15) is 51.9 Å². The number of piperidine rings is 2. The van der Waals surface area contributed by atoms with Crippen LogP contribution in [-0.2, 0) is 0 Å². The van der Waals surface area contributed by atoms with Gasteiger partial charge in [0.25, 0.3) is 0 Å². The topological polar surface area (TPSA) is 15.3 Å². The highest BCUT2D eigenvalue weighted by molar-refractivity contribution is 4.90. The van der Waals surface area contributed by atoms with E-state index in [0.717, 1.165) is 23.9 Å². The Morgan fingerprint density at radius 2 is 2.00 bits per heavy atom. The van der Waals surface area contributed by atoms with Crippen LogP contribution < -0.4 is 5.32 Å². The van der Waals surface area contributed by atoms with Gasteiger partial charge in [-0.3, -0.25) is 4.90 Å². The SMILES string of the molecule is CC1CC(CN2CCCC3CCCC32)CCN1. The van der Waals surface area contributed by atoms with Crippen LogP contribution in [0.5, 0.6) is 0 Å². The van der Waals surface area contributed by atoms with E-state index in [-0.39, 0.29) is 0 Å². The zero-order valence-corrected chi connectivity index (χ0v) is 11.3. The molecule has 2 saturated heterocycles. The largest absolute Gasteiger partial charge is 0.314 e. The van der Waals surface area contributed by atoms with Crippen molar-refractivity contribution < 1.29 is 0 Å². The highest BCUT2D eigenvalue weighted by atomic mass is 15.2. The maximum atomic E-state index is 3.58. The summed E-state index contributed by atoms with van der Waals surface area (Å²) in [4.78, 5) is 2.86. The van der Waals surface area contributed by atoms with E-state index in [4.69, 9.17) is 0 Å². The first-order valence-electron chi connectivity index (χ1n) is 7.80. The Bertz CT molecular complexity index is 253. The molecule has 4 atom stereocenters. The molecule has 1 aliphatic carbocycles. The van der Waals surface area contributed by atoms with E-state index in [1.807, 2.05) is 0 Å². The first-order valence-corrected chi connectivity index (χ1v) is 7.80. The Hall–Kier alpha value is -0.0800. The maximum Gasteiger partial charge on any atom is 0.0124 e. The molecule has 3 aliphatic rings. The fourth-order valence-corrected chi connectivity index (χ4v) is 4.52. The van der Waals surface area contributed by atoms with E-state index >= 15 is 0 Å². The fraction of sp³-hybridized carbons (Fsp3) is 1.00. The molecule has 3 fully saturated rings. The molecular weight excluding hydrogens is 208 g/mol. The van der Waals surface area contributed by atoms with Gasteiger partial charge in [0.1, 0.15) is 0 Å². The van der Waals surface area contributed by atoms with Crippen LogP contribution in [0.2, 0.25) is 0 Å². The number of likely N-dealkylation sites (tertiary alicyclic amines) is 1. The highest BCUT2D eigenvalue weighted by Crippen LogP contribution is 2.37. The van der Waals surface area contributed by atoms with E-state index in [1.165, 1.54) is 64.6 Å². The average Bonchev–Trinajstić information content (AvgIpc) is 2.78. The van der Waals surface area contributed by atoms with Gasteiger partial charge in [-0.25, -0.2) is 0 Å². The van der Waals surface area contributed by atoms with Crippen molar-refractivity contribution in [1.29, 1.82) is 0 Å². The normalized spacial score (nSPS) is 43.6. The molecule has 1 N–H and O–H groups in total. The number of nitrogens with one attached hydrogen (secondary N) is 1. The van der Waals surface area contributed by atoms with E-state index in [1.54, 1.807) is 0 Å². The molecule has 17 heavy (non-hydrogen) atoms.